The van der Waals surface area contributed by atoms with E-state index in [1.807, 2.05) is 72.8 Å². The van der Waals surface area contributed by atoms with E-state index in [0.29, 0.717) is 49.8 Å². The second kappa shape index (κ2) is 16.4. The summed E-state index contributed by atoms with van der Waals surface area (Å²) in [5.74, 6) is 0.334. The maximum absolute atomic E-state index is 14.5. The van der Waals surface area contributed by atoms with Crippen LogP contribution in [0.3, 0.4) is 0 Å². The Bertz CT molecular complexity index is 2300. The van der Waals surface area contributed by atoms with Crippen LogP contribution >= 0.6 is 56.5 Å². The number of hydrogen-bond donors (Lipinski definition) is 0. The number of nitrogens with zero attached hydrogens (tertiary/aromatic N) is 2. The molecule has 1 aliphatic rings. The molecule has 1 aliphatic heterocycles. The van der Waals surface area contributed by atoms with Gasteiger partial charge in [0.1, 0.15) is 18.1 Å². The van der Waals surface area contributed by atoms with Crippen molar-refractivity contribution in [2.75, 3.05) is 20.3 Å². The maximum Gasteiger partial charge on any atom is 0.338 e. The van der Waals surface area contributed by atoms with Crippen LogP contribution in [0.2, 0.25) is 0 Å². The van der Waals surface area contributed by atoms with Crippen LogP contribution in [-0.2, 0) is 20.9 Å². The van der Waals surface area contributed by atoms with E-state index in [1.54, 1.807) is 49.8 Å². The molecule has 9 nitrogen and oxygen atoms in total. The van der Waals surface area contributed by atoms with Crippen LogP contribution in [0.4, 0.5) is 0 Å². The minimum Gasteiger partial charge on any atom is -0.497 e. The first-order valence-corrected chi connectivity index (χ1v) is 19.0. The number of benzene rings is 4. The van der Waals surface area contributed by atoms with Crippen molar-refractivity contribution in [1.82, 2.24) is 4.57 Å². The van der Waals surface area contributed by atoms with Crippen molar-refractivity contribution in [2.24, 2.45) is 4.99 Å². The van der Waals surface area contributed by atoms with Gasteiger partial charge in [-0.2, -0.15) is 0 Å². The molecule has 0 spiro atoms. The molecule has 0 bridgehead atoms. The average Bonchev–Trinajstić information content (AvgIpc) is 3.45. The van der Waals surface area contributed by atoms with Gasteiger partial charge in [-0.25, -0.2) is 14.6 Å². The van der Waals surface area contributed by atoms with E-state index in [1.165, 1.54) is 11.3 Å². The first kappa shape index (κ1) is 36.5. The SMILES string of the molecule is CCOC(=O)C1=C(c2ccccc2)N=c2s/c(=C\c3cc(I)cc(I)c3OCc3ccc(C(=O)OCC)cc3)c(=O)n2[C@H]1c1ccc(OC)cc1. The van der Waals surface area contributed by atoms with Gasteiger partial charge in [0.2, 0.25) is 0 Å². The van der Waals surface area contributed by atoms with Crippen LogP contribution in [0, 0.1) is 7.14 Å². The molecule has 0 saturated carbocycles. The number of esters is 2. The number of hydrogen-bond acceptors (Lipinski definition) is 9. The Hall–Kier alpha value is -4.28. The van der Waals surface area contributed by atoms with Crippen molar-refractivity contribution < 1.29 is 28.5 Å². The third kappa shape index (κ3) is 7.97. The first-order chi connectivity index (χ1) is 24.7. The number of fused-ring (bicyclic) bond motifs is 1. The van der Waals surface area contributed by atoms with Crippen molar-refractivity contribution in [2.45, 2.75) is 26.5 Å². The summed E-state index contributed by atoms with van der Waals surface area (Å²) in [6.07, 6.45) is 1.81. The Balaban J connectivity index is 1.48. The lowest BCUT2D eigenvalue weighted by Crippen LogP contribution is -2.40. The molecule has 4 aromatic carbocycles. The monoisotopic (exact) mass is 926 g/mol. The zero-order chi connectivity index (χ0) is 36.1. The summed E-state index contributed by atoms with van der Waals surface area (Å²) < 4.78 is 26.3. The van der Waals surface area contributed by atoms with Crippen LogP contribution in [0.25, 0.3) is 11.8 Å². The molecule has 0 aliphatic carbocycles. The van der Waals surface area contributed by atoms with Crippen molar-refractivity contribution in [1.29, 1.82) is 0 Å². The zero-order valence-corrected chi connectivity index (χ0v) is 33.0. The summed E-state index contributed by atoms with van der Waals surface area (Å²) in [7, 11) is 1.58. The zero-order valence-electron chi connectivity index (χ0n) is 27.9. The number of carbonyl (C=O) groups excluding carboxylic acids is 2. The molecule has 5 aromatic rings. The number of halogens is 2. The lowest BCUT2D eigenvalue weighted by atomic mass is 9.93. The van der Waals surface area contributed by atoms with Crippen LogP contribution in [0.15, 0.2) is 106 Å². The highest BCUT2D eigenvalue weighted by Crippen LogP contribution is 2.36. The Morgan fingerprint density at radius 2 is 1.59 bits per heavy atom. The van der Waals surface area contributed by atoms with Crippen LogP contribution in [0.5, 0.6) is 11.5 Å². The molecule has 0 radical (unpaired) electrons. The molecule has 0 fully saturated rings. The van der Waals surface area contributed by atoms with Crippen LogP contribution < -0.4 is 24.4 Å². The second-order valence-electron chi connectivity index (χ2n) is 11.2. The highest BCUT2D eigenvalue weighted by atomic mass is 127. The molecule has 260 valence electrons. The van der Waals surface area contributed by atoms with Gasteiger partial charge in [-0.3, -0.25) is 9.36 Å². The fraction of sp³-hybridized carbons (Fsp3) is 0.179. The predicted molar refractivity (Wildman–Crippen MR) is 213 cm³/mol. The highest BCUT2D eigenvalue weighted by molar-refractivity contribution is 14.1. The molecule has 1 aromatic heterocycles. The van der Waals surface area contributed by atoms with Crippen molar-refractivity contribution in [3.63, 3.8) is 0 Å². The van der Waals surface area contributed by atoms with Gasteiger partial charge in [0, 0.05) is 14.7 Å². The predicted octanol–water partition coefficient (Wildman–Crippen LogP) is 6.91. The van der Waals surface area contributed by atoms with E-state index in [9.17, 15) is 14.4 Å². The fourth-order valence-electron chi connectivity index (χ4n) is 5.63. The fourth-order valence-corrected chi connectivity index (χ4v) is 8.67. The third-order valence-electron chi connectivity index (χ3n) is 7.98. The van der Waals surface area contributed by atoms with E-state index >= 15 is 0 Å². The smallest absolute Gasteiger partial charge is 0.338 e. The van der Waals surface area contributed by atoms with Gasteiger partial charge in [-0.15, -0.1) is 0 Å². The molecule has 12 heteroatoms. The quantitative estimate of drug-likeness (QED) is 0.105. The van der Waals surface area contributed by atoms with Gasteiger partial charge in [0.05, 0.1) is 51.3 Å². The normalized spacial score (nSPS) is 14.1. The van der Waals surface area contributed by atoms with Gasteiger partial charge in [0.25, 0.3) is 5.56 Å². The number of carbonyl (C=O) groups is 2. The Labute approximate surface area is 325 Å². The lowest BCUT2D eigenvalue weighted by molar-refractivity contribution is -0.138. The number of rotatable bonds is 11. The topological polar surface area (TPSA) is 105 Å². The Morgan fingerprint density at radius 3 is 2.25 bits per heavy atom. The molecule has 1 atom stereocenters. The Morgan fingerprint density at radius 1 is 0.902 bits per heavy atom. The number of methoxy groups -OCH3 is 1. The summed E-state index contributed by atoms with van der Waals surface area (Å²) in [6.45, 7) is 4.22. The van der Waals surface area contributed by atoms with E-state index in [0.717, 1.165) is 18.3 Å². The van der Waals surface area contributed by atoms with Gasteiger partial charge in [0.15, 0.2) is 4.80 Å². The van der Waals surface area contributed by atoms with Crippen molar-refractivity contribution >= 4 is 80.2 Å². The van der Waals surface area contributed by atoms with Crippen molar-refractivity contribution in [3.8, 4) is 11.5 Å². The average molecular weight is 927 g/mol. The molecule has 0 saturated heterocycles. The van der Waals surface area contributed by atoms with Gasteiger partial charge in [-0.1, -0.05) is 65.9 Å². The summed E-state index contributed by atoms with van der Waals surface area (Å²) in [5.41, 5.74) is 3.90. The van der Waals surface area contributed by atoms with Crippen LogP contribution in [0.1, 0.15) is 52.5 Å². The lowest BCUT2D eigenvalue weighted by Gasteiger charge is -2.26. The molecule has 51 heavy (non-hydrogen) atoms. The minimum absolute atomic E-state index is 0.160. The maximum atomic E-state index is 14.5. The van der Waals surface area contributed by atoms with Gasteiger partial charge < -0.3 is 18.9 Å². The second-order valence-corrected chi connectivity index (χ2v) is 14.6. The highest BCUT2D eigenvalue weighted by Gasteiger charge is 2.35. The molecule has 6 rings (SSSR count). The molecular formula is C39H32I2N2O7S. The van der Waals surface area contributed by atoms with Crippen molar-refractivity contribution in [3.05, 3.63) is 151 Å². The molecule has 0 N–H and O–H groups in total. The number of aromatic nitrogens is 1. The summed E-state index contributed by atoms with van der Waals surface area (Å²) in [4.78, 5) is 45.8. The van der Waals surface area contributed by atoms with Gasteiger partial charge >= 0.3 is 11.9 Å². The summed E-state index contributed by atoms with van der Waals surface area (Å²) >= 11 is 5.72. The Kier molecular flexibility index (Phi) is 11.7. The van der Waals surface area contributed by atoms with E-state index in [4.69, 9.17) is 23.9 Å². The first-order valence-electron chi connectivity index (χ1n) is 16.0. The molecule has 0 amide bonds. The van der Waals surface area contributed by atoms with Gasteiger partial charge in [-0.05, 0) is 113 Å². The largest absolute Gasteiger partial charge is 0.497 e. The molecule has 0 unspecified atom stereocenters. The third-order valence-corrected chi connectivity index (χ3v) is 10.4. The number of thiazole rings is 1. The van der Waals surface area contributed by atoms with E-state index in [2.05, 4.69) is 45.2 Å². The van der Waals surface area contributed by atoms with E-state index < -0.39 is 12.0 Å². The molecule has 2 heterocycles. The standard InChI is InChI=1S/C39H32I2N2O7S/c1-4-48-37(45)26-13-11-23(12-14-26)22-50-35-27(19-28(40)21-30(35)41)20-31-36(44)43-34(25-15-17-29(47-3)18-16-25)32(38(46)49-5-2)33(42-39(43)51-31)24-9-7-6-8-10-24/h6-21,34H,4-5,22H2,1-3H3/b31-20-/t34-/m0/s1. The summed E-state index contributed by atoms with van der Waals surface area (Å²) in [5, 5.41) is 0. The van der Waals surface area contributed by atoms with E-state index in [-0.39, 0.29) is 30.3 Å². The number of ether oxygens (including phenoxy) is 4. The minimum atomic E-state index is -0.812. The summed E-state index contributed by atoms with van der Waals surface area (Å²) in [6, 6.07) is 27.0. The van der Waals surface area contributed by atoms with Crippen LogP contribution in [-0.4, -0.2) is 36.8 Å². The molecular weight excluding hydrogens is 894 g/mol.